The molecule has 82 heavy (non-hydrogen) atoms. The largest absolute Gasteiger partial charge is 2.00 e. The summed E-state index contributed by atoms with van der Waals surface area (Å²) < 4.78 is 165. The maximum atomic E-state index is 13.5. The first-order valence-electron chi connectivity index (χ1n) is 20.8. The zero-order valence-electron chi connectivity index (χ0n) is 40.9. The Balaban J connectivity index is 0. The van der Waals surface area contributed by atoms with Gasteiger partial charge >= 0.3 is 63.7 Å². The molecule has 34 heteroatoms. The van der Waals surface area contributed by atoms with Crippen LogP contribution in [-0.2, 0) is 39.0 Å². The Bertz CT molecular complexity index is 2710. The molecule has 8 nitrogen and oxygen atoms in total. The van der Waals surface area contributed by atoms with Crippen molar-refractivity contribution in [3.63, 3.8) is 0 Å². The summed E-state index contributed by atoms with van der Waals surface area (Å²) in [6, 6.07) is 35.1. The van der Waals surface area contributed by atoms with E-state index in [1.54, 1.807) is 13.8 Å². The van der Waals surface area contributed by atoms with Gasteiger partial charge in [-0.1, -0.05) is 214 Å². The van der Waals surface area contributed by atoms with E-state index < -0.39 is 48.0 Å². The molecule has 0 aliphatic carbocycles. The molecule has 0 N–H and O–H groups in total. The number of alkyl halides is 12. The summed E-state index contributed by atoms with van der Waals surface area (Å²) in [7, 11) is 0. The van der Waals surface area contributed by atoms with E-state index in [4.69, 9.17) is 10.2 Å². The van der Waals surface area contributed by atoms with Gasteiger partial charge in [0.05, 0.1) is 11.4 Å². The summed E-state index contributed by atoms with van der Waals surface area (Å²) in [5, 5.41) is 24.5. The molecule has 0 aliphatic heterocycles. The number of aliphatic imine (C=N–C) groups is 4. The number of benzene rings is 6. The van der Waals surface area contributed by atoms with Crippen molar-refractivity contribution in [2.45, 2.75) is 38.6 Å². The van der Waals surface area contributed by atoms with Crippen molar-refractivity contribution in [3.8, 4) is 0 Å². The Kier molecular flexibility index (Phi) is 42.0. The van der Waals surface area contributed by atoms with Crippen LogP contribution in [0.1, 0.15) is 13.8 Å². The molecule has 0 heterocycles. The standard InChI is InChI=1S/2C16H4Br6F6N3.2C6H6.2C2H5O.2Zn/c2*17-5-1-7(19)11(8(20)2-5)29-13(15(23,24)25)31-14(16(26,27)28)30-12-9(21)3-6(18)4-10(12)22;2*1-2-4-6-5-3-1;2*1-2-3;;/h2*1-4H;2*1-6H;2*2H2,1H3;;/q2*-1;;;2*-1;2*+2. The quantitative estimate of drug-likeness (QED) is 0.0755. The number of halogens is 24. The fourth-order valence-corrected chi connectivity index (χ4v) is 14.3. The van der Waals surface area contributed by atoms with Gasteiger partial charge in [0.25, 0.3) is 0 Å². The third-order valence-electron chi connectivity index (χ3n) is 7.57. The first-order chi connectivity index (χ1) is 37.0. The van der Waals surface area contributed by atoms with E-state index in [9.17, 15) is 52.7 Å². The van der Waals surface area contributed by atoms with Crippen LogP contribution in [0, 0.1) is 0 Å². The average Bonchev–Trinajstić information content (AvgIpc) is 3.32. The van der Waals surface area contributed by atoms with Gasteiger partial charge in [0.1, 0.15) is 11.7 Å². The molecule has 0 atom stereocenters. The number of hydrogen-bond donors (Lipinski definition) is 0. The summed E-state index contributed by atoms with van der Waals surface area (Å²) in [4.78, 5) is 12.2. The van der Waals surface area contributed by atoms with Crippen molar-refractivity contribution in [3.05, 3.63) is 186 Å². The van der Waals surface area contributed by atoms with Crippen molar-refractivity contribution in [1.29, 1.82) is 0 Å². The second kappa shape index (κ2) is 41.1. The van der Waals surface area contributed by atoms with Gasteiger partial charge in [-0.15, -0.1) is 13.2 Å². The maximum Gasteiger partial charge on any atom is 2.00 e. The number of rotatable bonds is 4. The molecular formula is C48H30Br12F12N6O2Zn2. The fraction of sp³-hybridized carbons (Fsp3) is 0.167. The molecule has 6 aromatic rings. The molecule has 0 fully saturated rings. The molecule has 0 aliphatic rings. The van der Waals surface area contributed by atoms with Gasteiger partial charge in [-0.05, 0) is 124 Å². The molecule has 436 valence electrons. The van der Waals surface area contributed by atoms with Gasteiger partial charge < -0.3 is 30.8 Å². The third kappa shape index (κ3) is 32.3. The van der Waals surface area contributed by atoms with Crippen LogP contribution in [0.3, 0.4) is 0 Å². The maximum absolute atomic E-state index is 13.5. The topological polar surface area (TPSA) is 124 Å². The Morgan fingerprint density at radius 1 is 0.354 bits per heavy atom. The minimum Gasteiger partial charge on any atom is -0.855 e. The van der Waals surface area contributed by atoms with E-state index in [0.29, 0.717) is 17.9 Å². The molecule has 0 radical (unpaired) electrons. The molecule has 0 bridgehead atoms. The normalized spacial score (nSPS) is 11.9. The van der Waals surface area contributed by atoms with Crippen LogP contribution in [-0.4, -0.2) is 61.3 Å². The van der Waals surface area contributed by atoms with Crippen LogP contribution < -0.4 is 10.2 Å². The smallest absolute Gasteiger partial charge is 0.855 e. The van der Waals surface area contributed by atoms with E-state index in [-0.39, 0.29) is 111 Å². The van der Waals surface area contributed by atoms with Crippen molar-refractivity contribution >= 4 is 237 Å². The second-order valence-corrected chi connectivity index (χ2v) is 24.2. The Labute approximate surface area is 589 Å². The molecular weight excluding hydrogens is 2010 g/mol. The van der Waals surface area contributed by atoms with Crippen LogP contribution in [0.15, 0.2) is 195 Å². The Morgan fingerprint density at radius 2 is 0.524 bits per heavy atom. The number of nitrogens with zero attached hydrogens (tertiary/aromatic N) is 6. The van der Waals surface area contributed by atoms with E-state index in [1.165, 1.54) is 48.5 Å². The van der Waals surface area contributed by atoms with Gasteiger partial charge in [-0.2, -0.15) is 52.7 Å². The van der Waals surface area contributed by atoms with Crippen molar-refractivity contribution in [2.24, 2.45) is 20.0 Å². The summed E-state index contributed by atoms with van der Waals surface area (Å²) in [6.45, 7) is 3.14. The van der Waals surface area contributed by atoms with E-state index in [1.807, 2.05) is 72.8 Å². The van der Waals surface area contributed by atoms with Gasteiger partial charge in [0, 0.05) is 65.3 Å². The van der Waals surface area contributed by atoms with Gasteiger partial charge in [0.2, 0.25) is 0 Å². The monoisotopic (exact) mass is 2030 g/mol. The summed E-state index contributed by atoms with van der Waals surface area (Å²) in [5.41, 5.74) is -1.20. The molecule has 0 unspecified atom stereocenters. The van der Waals surface area contributed by atoms with E-state index >= 15 is 0 Å². The minimum absolute atomic E-state index is 0. The van der Waals surface area contributed by atoms with Gasteiger partial charge in [-0.3, -0.25) is 0 Å². The third-order valence-corrected chi connectivity index (χ3v) is 14.2. The van der Waals surface area contributed by atoms with Crippen molar-refractivity contribution in [1.82, 2.24) is 0 Å². The molecule has 0 spiro atoms. The van der Waals surface area contributed by atoms with E-state index in [2.05, 4.69) is 222 Å². The first-order valence-corrected chi connectivity index (χ1v) is 30.3. The molecule has 0 saturated carbocycles. The van der Waals surface area contributed by atoms with Crippen LogP contribution in [0.5, 0.6) is 0 Å². The van der Waals surface area contributed by atoms with Crippen molar-refractivity contribution < 1.29 is 102 Å². The van der Waals surface area contributed by atoms with Gasteiger partial charge in [0.15, 0.2) is 0 Å². The van der Waals surface area contributed by atoms with Crippen molar-refractivity contribution in [2.75, 3.05) is 13.2 Å². The van der Waals surface area contributed by atoms with Crippen LogP contribution >= 0.6 is 191 Å². The molecule has 0 aromatic heterocycles. The SMILES string of the molecule is CC[O-].CC[O-].FC(F)(F)C(=Nc1c(Br)cc(Br)cc1Br)N=C([N-]c1c(Br)cc(Br)cc1Br)C(F)(F)F.FC(F)(F)C(=Nc1c(Br)cc(Br)cc1Br)N=C([N-]c1c(Br)cc(Br)cc1Br)C(F)(F)F.[Zn+2].[Zn+2].c1ccccc1.c1ccccc1. The summed E-state index contributed by atoms with van der Waals surface area (Å²) in [5.74, 6) is -8.12. The Hall–Kier alpha value is -0.313. The molecule has 0 amide bonds. The summed E-state index contributed by atoms with van der Waals surface area (Å²) >= 11 is 36.8. The van der Waals surface area contributed by atoms with Crippen LogP contribution in [0.2, 0.25) is 0 Å². The molecule has 6 aromatic carbocycles. The minimum atomic E-state index is -5.30. The predicted octanol–water partition coefficient (Wildman–Crippen LogP) is 23.1. The Morgan fingerprint density at radius 3 is 0.683 bits per heavy atom. The number of amidine groups is 4. The zero-order valence-corrected chi connectivity index (χ0v) is 65.9. The fourth-order valence-electron chi connectivity index (χ4n) is 4.57. The molecule has 0 saturated heterocycles. The first kappa shape index (κ1) is 83.7. The second-order valence-electron chi connectivity index (χ2n) is 13.7. The van der Waals surface area contributed by atoms with Crippen LogP contribution in [0.25, 0.3) is 10.6 Å². The zero-order chi connectivity index (χ0) is 61.3. The summed E-state index contributed by atoms with van der Waals surface area (Å²) in [6.07, 6.45) is -21.2. The van der Waals surface area contributed by atoms with E-state index in [0.717, 1.165) is 0 Å². The van der Waals surface area contributed by atoms with Gasteiger partial charge in [-0.25, -0.2) is 9.98 Å². The number of hydrogen-bond acceptors (Lipinski definition) is 4. The predicted molar refractivity (Wildman–Crippen MR) is 331 cm³/mol. The molecule has 6 rings (SSSR count). The average molecular weight is 2040 g/mol. The van der Waals surface area contributed by atoms with Crippen LogP contribution in [0.4, 0.5) is 75.4 Å².